The Balaban J connectivity index is 2.46. The highest BCUT2D eigenvalue weighted by Gasteiger charge is 2.13. The molecule has 1 aromatic carbocycles. The van der Waals surface area contributed by atoms with E-state index < -0.39 is 0 Å². The fraction of sp³-hybridized carbons (Fsp3) is 0.562. The number of benzene rings is 1. The number of carbonyl (C=O) groups excluding carboxylic acids is 1. The number of ether oxygens (including phenoxy) is 1. The molecule has 0 unspecified atom stereocenters. The van der Waals surface area contributed by atoms with Crippen LogP contribution >= 0.6 is 0 Å². The minimum Gasteiger partial charge on any atom is -0.466 e. The summed E-state index contributed by atoms with van der Waals surface area (Å²) < 4.78 is 5.07. The zero-order valence-corrected chi connectivity index (χ0v) is 12.0. The van der Waals surface area contributed by atoms with Crippen LogP contribution in [0, 0.1) is 0 Å². The molecule has 0 saturated heterocycles. The van der Waals surface area contributed by atoms with Gasteiger partial charge in [-0.3, -0.25) is 4.79 Å². The lowest BCUT2D eigenvalue weighted by Crippen LogP contribution is -2.11. The van der Waals surface area contributed by atoms with Crippen molar-refractivity contribution in [3.8, 4) is 0 Å². The zero-order chi connectivity index (χ0) is 13.6. The maximum atomic E-state index is 11.0. The molecule has 0 N–H and O–H groups in total. The second-order valence-corrected chi connectivity index (χ2v) is 5.63. The van der Waals surface area contributed by atoms with Crippen molar-refractivity contribution < 1.29 is 9.53 Å². The van der Waals surface area contributed by atoms with Gasteiger partial charge < -0.3 is 4.74 Å². The average Bonchev–Trinajstić information content (AvgIpc) is 2.33. The third-order valence-corrected chi connectivity index (χ3v) is 2.95. The molecular weight excluding hydrogens is 224 g/mol. The highest BCUT2D eigenvalue weighted by Crippen LogP contribution is 2.23. The van der Waals surface area contributed by atoms with Crippen LogP contribution in [0.25, 0.3) is 0 Å². The van der Waals surface area contributed by atoms with Crippen molar-refractivity contribution in [2.75, 3.05) is 6.61 Å². The third-order valence-electron chi connectivity index (χ3n) is 2.95. The van der Waals surface area contributed by atoms with Crippen LogP contribution in [0.2, 0.25) is 0 Å². The Kier molecular flexibility index (Phi) is 5.39. The van der Waals surface area contributed by atoms with E-state index in [9.17, 15) is 4.79 Å². The summed E-state index contributed by atoms with van der Waals surface area (Å²) in [5, 5.41) is 0. The fourth-order valence-corrected chi connectivity index (χ4v) is 1.76. The predicted molar refractivity (Wildman–Crippen MR) is 74.7 cm³/mol. The minimum absolute atomic E-state index is 0.113. The van der Waals surface area contributed by atoms with Crippen molar-refractivity contribution in [2.45, 2.75) is 52.4 Å². The van der Waals surface area contributed by atoms with E-state index in [1.54, 1.807) is 0 Å². The monoisotopic (exact) mass is 248 g/mol. The summed E-state index contributed by atoms with van der Waals surface area (Å²) >= 11 is 0. The largest absolute Gasteiger partial charge is 0.466 e. The quantitative estimate of drug-likeness (QED) is 0.584. The van der Waals surface area contributed by atoms with Gasteiger partial charge in [0.2, 0.25) is 0 Å². The normalized spacial score (nSPS) is 11.3. The molecule has 0 heterocycles. The Bertz CT molecular complexity index is 388. The Morgan fingerprint density at radius 1 is 1.28 bits per heavy atom. The van der Waals surface area contributed by atoms with Gasteiger partial charge in [-0.25, -0.2) is 0 Å². The summed E-state index contributed by atoms with van der Waals surface area (Å²) in [5.41, 5.74) is 2.85. The Hall–Kier alpha value is -1.31. The molecule has 0 bridgehead atoms. The number of rotatable bonds is 5. The van der Waals surface area contributed by atoms with E-state index in [0.717, 1.165) is 12.8 Å². The van der Waals surface area contributed by atoms with Crippen molar-refractivity contribution in [1.82, 2.24) is 0 Å². The van der Waals surface area contributed by atoms with Crippen LogP contribution in [0.15, 0.2) is 24.3 Å². The highest BCUT2D eigenvalue weighted by molar-refractivity contribution is 5.68. The maximum absolute atomic E-state index is 11.0. The van der Waals surface area contributed by atoms with Gasteiger partial charge in [-0.2, -0.15) is 0 Å². The first-order valence-electron chi connectivity index (χ1n) is 6.68. The molecule has 0 aliphatic heterocycles. The second-order valence-electron chi connectivity index (χ2n) is 5.63. The first-order chi connectivity index (χ1) is 8.43. The summed E-state index contributed by atoms with van der Waals surface area (Å²) in [6.45, 7) is 8.99. The van der Waals surface area contributed by atoms with E-state index in [1.807, 2.05) is 6.92 Å². The molecule has 0 radical (unpaired) electrons. The van der Waals surface area contributed by atoms with Crippen molar-refractivity contribution in [3.05, 3.63) is 35.4 Å². The topological polar surface area (TPSA) is 26.3 Å². The van der Waals surface area contributed by atoms with Crippen molar-refractivity contribution in [2.24, 2.45) is 0 Å². The Morgan fingerprint density at radius 2 is 2.00 bits per heavy atom. The van der Waals surface area contributed by atoms with Crippen molar-refractivity contribution in [3.63, 3.8) is 0 Å². The lowest BCUT2D eigenvalue weighted by atomic mass is 9.86. The molecule has 2 nitrogen and oxygen atoms in total. The lowest BCUT2D eigenvalue weighted by molar-refractivity contribution is -0.143. The first kappa shape index (κ1) is 14.7. The zero-order valence-electron chi connectivity index (χ0n) is 12.0. The number of esters is 1. The number of aryl methyl sites for hydroxylation is 1. The van der Waals surface area contributed by atoms with Gasteiger partial charge in [0.05, 0.1) is 6.61 Å². The maximum Gasteiger partial charge on any atom is 0.305 e. The van der Waals surface area contributed by atoms with Crippen LogP contribution in [-0.4, -0.2) is 12.6 Å². The van der Waals surface area contributed by atoms with E-state index in [0.29, 0.717) is 13.0 Å². The lowest BCUT2D eigenvalue weighted by Gasteiger charge is -2.19. The first-order valence-corrected chi connectivity index (χ1v) is 6.68. The molecule has 0 fully saturated rings. The Labute approximate surface area is 110 Å². The molecule has 0 aliphatic carbocycles. The summed E-state index contributed by atoms with van der Waals surface area (Å²) in [6.07, 6.45) is 2.31. The van der Waals surface area contributed by atoms with Gasteiger partial charge in [-0.1, -0.05) is 52.0 Å². The Morgan fingerprint density at radius 3 is 2.61 bits per heavy atom. The molecule has 0 spiro atoms. The van der Waals surface area contributed by atoms with Crippen LogP contribution in [0.5, 0.6) is 0 Å². The molecule has 1 aromatic rings. The van der Waals surface area contributed by atoms with Gasteiger partial charge in [-0.15, -0.1) is 0 Å². The van der Waals surface area contributed by atoms with Crippen molar-refractivity contribution >= 4 is 5.97 Å². The second kappa shape index (κ2) is 6.58. The number of hydrogen-bond donors (Lipinski definition) is 0. The van der Waals surface area contributed by atoms with E-state index in [1.165, 1.54) is 11.1 Å². The summed E-state index contributed by atoms with van der Waals surface area (Å²) in [7, 11) is 0. The van der Waals surface area contributed by atoms with Gasteiger partial charge >= 0.3 is 5.97 Å². The highest BCUT2D eigenvalue weighted by atomic mass is 16.5. The molecule has 0 aromatic heterocycles. The molecule has 100 valence electrons. The average molecular weight is 248 g/mol. The summed E-state index contributed by atoms with van der Waals surface area (Å²) in [6, 6.07) is 8.66. The third kappa shape index (κ3) is 4.91. The van der Waals surface area contributed by atoms with Gasteiger partial charge in [0, 0.05) is 6.42 Å². The van der Waals surface area contributed by atoms with E-state index in [-0.39, 0.29) is 11.4 Å². The summed E-state index contributed by atoms with van der Waals surface area (Å²) in [5.74, 6) is -0.113. The minimum atomic E-state index is -0.113. The van der Waals surface area contributed by atoms with Gasteiger partial charge in [-0.05, 0) is 29.4 Å². The molecule has 0 amide bonds. The van der Waals surface area contributed by atoms with E-state index in [4.69, 9.17) is 4.74 Å². The molecule has 1 rings (SSSR count). The van der Waals surface area contributed by atoms with Crippen LogP contribution in [0.3, 0.4) is 0 Å². The standard InChI is InChI=1S/C16H24O2/c1-5-15(17)18-11-7-9-13-8-6-10-14(12-13)16(2,3)4/h6,8,10,12H,5,7,9,11H2,1-4H3. The number of hydrogen-bond acceptors (Lipinski definition) is 2. The molecular formula is C16H24O2. The molecule has 0 aliphatic rings. The molecule has 18 heavy (non-hydrogen) atoms. The number of carbonyl (C=O) groups is 1. The van der Waals surface area contributed by atoms with Gasteiger partial charge in [0.1, 0.15) is 0 Å². The predicted octanol–water partition coefficient (Wildman–Crippen LogP) is 3.87. The van der Waals surface area contributed by atoms with Crippen LogP contribution in [-0.2, 0) is 21.4 Å². The molecule has 0 atom stereocenters. The SMILES string of the molecule is CCC(=O)OCCCc1cccc(C(C)(C)C)c1. The van der Waals surface area contributed by atoms with Crippen molar-refractivity contribution in [1.29, 1.82) is 0 Å². The van der Waals surface area contributed by atoms with Gasteiger partial charge in [0.15, 0.2) is 0 Å². The van der Waals surface area contributed by atoms with E-state index >= 15 is 0 Å². The molecule has 0 saturated carbocycles. The van der Waals surface area contributed by atoms with E-state index in [2.05, 4.69) is 45.0 Å². The van der Waals surface area contributed by atoms with Gasteiger partial charge in [0.25, 0.3) is 0 Å². The smallest absolute Gasteiger partial charge is 0.305 e. The fourth-order valence-electron chi connectivity index (χ4n) is 1.76. The summed E-state index contributed by atoms with van der Waals surface area (Å²) in [4.78, 5) is 11.0. The molecule has 2 heteroatoms. The van der Waals surface area contributed by atoms with Crippen LogP contribution in [0.1, 0.15) is 51.7 Å². The van der Waals surface area contributed by atoms with Crippen LogP contribution in [0.4, 0.5) is 0 Å². The van der Waals surface area contributed by atoms with Crippen LogP contribution < -0.4 is 0 Å².